The van der Waals surface area contributed by atoms with Crippen molar-refractivity contribution in [1.29, 1.82) is 0 Å². The highest BCUT2D eigenvalue weighted by molar-refractivity contribution is 9.10. The number of hydrogen-bond donors (Lipinski definition) is 1. The molecule has 14 heavy (non-hydrogen) atoms. The van der Waals surface area contributed by atoms with E-state index in [0.29, 0.717) is 0 Å². The van der Waals surface area contributed by atoms with Gasteiger partial charge in [0.25, 0.3) is 0 Å². The van der Waals surface area contributed by atoms with Gasteiger partial charge in [-0.15, -0.1) is 0 Å². The summed E-state index contributed by atoms with van der Waals surface area (Å²) in [5.74, 6) is 1.74. The quantitative estimate of drug-likeness (QED) is 0.821. The lowest BCUT2D eigenvalue weighted by atomic mass is 10.2. The molecule has 1 aromatic carbocycles. The van der Waals surface area contributed by atoms with Crippen molar-refractivity contribution in [3.05, 3.63) is 34.3 Å². The van der Waals surface area contributed by atoms with Crippen molar-refractivity contribution in [3.8, 4) is 5.75 Å². The Labute approximate surface area is 98.7 Å². The van der Waals surface area contributed by atoms with E-state index in [1.54, 1.807) is 7.11 Å². The minimum atomic E-state index is 0.859. The van der Waals surface area contributed by atoms with Gasteiger partial charge in [0.15, 0.2) is 0 Å². The van der Waals surface area contributed by atoms with Gasteiger partial charge in [-0.2, -0.15) is 12.6 Å². The van der Waals surface area contributed by atoms with Gasteiger partial charge < -0.3 is 4.74 Å². The van der Waals surface area contributed by atoms with Crippen LogP contribution in [0.4, 0.5) is 0 Å². The number of thiol groups is 1. The van der Waals surface area contributed by atoms with E-state index in [1.165, 1.54) is 0 Å². The van der Waals surface area contributed by atoms with E-state index in [0.717, 1.165) is 28.0 Å². The first-order valence-electron chi connectivity index (χ1n) is 4.39. The minimum absolute atomic E-state index is 0.859. The van der Waals surface area contributed by atoms with Gasteiger partial charge in [0.1, 0.15) is 5.75 Å². The SMILES string of the molecule is COc1cc(C=CCCS)ccc1Br. The fraction of sp³-hybridized carbons (Fsp3) is 0.273. The molecule has 0 bridgehead atoms. The second kappa shape index (κ2) is 6.14. The Morgan fingerprint density at radius 1 is 1.50 bits per heavy atom. The monoisotopic (exact) mass is 272 g/mol. The van der Waals surface area contributed by atoms with Crippen molar-refractivity contribution in [3.63, 3.8) is 0 Å². The van der Waals surface area contributed by atoms with Crippen LogP contribution in [0.3, 0.4) is 0 Å². The Morgan fingerprint density at radius 2 is 2.29 bits per heavy atom. The standard InChI is InChI=1S/C11H13BrOS/c1-13-11-8-9(4-2-3-7-14)5-6-10(11)12/h2,4-6,8,14H,3,7H2,1H3. The van der Waals surface area contributed by atoms with Crippen LogP contribution in [0.15, 0.2) is 28.7 Å². The Bertz CT molecular complexity index is 323. The molecule has 0 saturated heterocycles. The summed E-state index contributed by atoms with van der Waals surface area (Å²) in [6.07, 6.45) is 5.17. The first kappa shape index (κ1) is 11.7. The maximum Gasteiger partial charge on any atom is 0.133 e. The van der Waals surface area contributed by atoms with Crippen molar-refractivity contribution in [1.82, 2.24) is 0 Å². The fourth-order valence-corrected chi connectivity index (χ4v) is 1.63. The average molecular weight is 273 g/mol. The summed E-state index contributed by atoms with van der Waals surface area (Å²) in [6, 6.07) is 6.03. The average Bonchev–Trinajstić information content (AvgIpc) is 2.21. The van der Waals surface area contributed by atoms with E-state index < -0.39 is 0 Å². The first-order valence-corrected chi connectivity index (χ1v) is 5.81. The molecular weight excluding hydrogens is 260 g/mol. The fourth-order valence-electron chi connectivity index (χ4n) is 1.07. The number of rotatable bonds is 4. The van der Waals surface area contributed by atoms with Gasteiger partial charge >= 0.3 is 0 Å². The van der Waals surface area contributed by atoms with Gasteiger partial charge in [-0.25, -0.2) is 0 Å². The van der Waals surface area contributed by atoms with E-state index >= 15 is 0 Å². The third kappa shape index (κ3) is 3.39. The highest BCUT2D eigenvalue weighted by Gasteiger charge is 1.98. The molecule has 0 radical (unpaired) electrons. The van der Waals surface area contributed by atoms with Crippen LogP contribution in [0, 0.1) is 0 Å². The number of hydrogen-bond acceptors (Lipinski definition) is 2. The third-order valence-electron chi connectivity index (χ3n) is 1.78. The molecular formula is C11H13BrOS. The van der Waals surface area contributed by atoms with Crippen molar-refractivity contribution in [2.75, 3.05) is 12.9 Å². The summed E-state index contributed by atoms with van der Waals surface area (Å²) in [5, 5.41) is 0. The van der Waals surface area contributed by atoms with Gasteiger partial charge in [-0.05, 0) is 45.8 Å². The van der Waals surface area contributed by atoms with E-state index in [-0.39, 0.29) is 0 Å². The Kier molecular flexibility index (Phi) is 5.12. The molecule has 0 spiro atoms. The molecule has 0 aliphatic rings. The second-order valence-corrected chi connectivity index (χ2v) is 4.11. The molecule has 0 unspecified atom stereocenters. The highest BCUT2D eigenvalue weighted by Crippen LogP contribution is 2.26. The molecule has 0 aliphatic carbocycles. The van der Waals surface area contributed by atoms with Gasteiger partial charge in [0.05, 0.1) is 11.6 Å². The maximum absolute atomic E-state index is 5.20. The number of halogens is 1. The topological polar surface area (TPSA) is 9.23 Å². The number of allylic oxidation sites excluding steroid dienone is 1. The van der Waals surface area contributed by atoms with Crippen LogP contribution >= 0.6 is 28.6 Å². The lowest BCUT2D eigenvalue weighted by Gasteiger charge is -2.03. The molecule has 0 heterocycles. The number of methoxy groups -OCH3 is 1. The van der Waals surface area contributed by atoms with Crippen LogP contribution < -0.4 is 4.74 Å². The summed E-state index contributed by atoms with van der Waals surface area (Å²) in [5.41, 5.74) is 1.15. The minimum Gasteiger partial charge on any atom is -0.496 e. The van der Waals surface area contributed by atoms with Gasteiger partial charge in [0.2, 0.25) is 0 Å². The molecule has 0 atom stereocenters. The smallest absolute Gasteiger partial charge is 0.133 e. The predicted molar refractivity (Wildman–Crippen MR) is 68.2 cm³/mol. The van der Waals surface area contributed by atoms with Crippen LogP contribution in [0.5, 0.6) is 5.75 Å². The second-order valence-electron chi connectivity index (χ2n) is 2.81. The largest absolute Gasteiger partial charge is 0.496 e. The van der Waals surface area contributed by atoms with Crippen molar-refractivity contribution in [2.45, 2.75) is 6.42 Å². The predicted octanol–water partition coefficient (Wildman–Crippen LogP) is 3.79. The molecule has 1 rings (SSSR count). The van der Waals surface area contributed by atoms with E-state index in [4.69, 9.17) is 4.74 Å². The van der Waals surface area contributed by atoms with Crippen LogP contribution in [-0.4, -0.2) is 12.9 Å². The summed E-state index contributed by atoms with van der Waals surface area (Å²) in [4.78, 5) is 0. The normalized spacial score (nSPS) is 10.8. The molecule has 0 fully saturated rings. The van der Waals surface area contributed by atoms with Crippen LogP contribution in [-0.2, 0) is 0 Å². The number of ether oxygens (including phenoxy) is 1. The van der Waals surface area contributed by atoms with Crippen LogP contribution in [0.2, 0.25) is 0 Å². The third-order valence-corrected chi connectivity index (χ3v) is 2.69. The van der Waals surface area contributed by atoms with Crippen LogP contribution in [0.25, 0.3) is 6.08 Å². The zero-order valence-electron chi connectivity index (χ0n) is 8.03. The zero-order chi connectivity index (χ0) is 10.4. The Hall–Kier alpha value is -0.410. The van der Waals surface area contributed by atoms with Gasteiger partial charge in [0, 0.05) is 0 Å². The van der Waals surface area contributed by atoms with Crippen molar-refractivity contribution in [2.24, 2.45) is 0 Å². The summed E-state index contributed by atoms with van der Waals surface area (Å²) < 4.78 is 6.17. The van der Waals surface area contributed by atoms with E-state index in [9.17, 15) is 0 Å². The molecule has 1 nitrogen and oxygen atoms in total. The van der Waals surface area contributed by atoms with Crippen molar-refractivity contribution >= 4 is 34.6 Å². The van der Waals surface area contributed by atoms with Crippen molar-refractivity contribution < 1.29 is 4.74 Å². The molecule has 0 aromatic heterocycles. The first-order chi connectivity index (χ1) is 6.77. The lowest BCUT2D eigenvalue weighted by molar-refractivity contribution is 0.412. The molecule has 0 amide bonds. The maximum atomic E-state index is 5.20. The molecule has 0 aliphatic heterocycles. The van der Waals surface area contributed by atoms with Gasteiger partial charge in [-0.1, -0.05) is 18.2 Å². The molecule has 76 valence electrons. The van der Waals surface area contributed by atoms with Gasteiger partial charge in [-0.3, -0.25) is 0 Å². The molecule has 0 saturated carbocycles. The Balaban J connectivity index is 2.79. The highest BCUT2D eigenvalue weighted by atomic mass is 79.9. The van der Waals surface area contributed by atoms with Crippen LogP contribution in [0.1, 0.15) is 12.0 Å². The molecule has 1 aromatic rings. The molecule has 0 N–H and O–H groups in total. The van der Waals surface area contributed by atoms with E-state index in [2.05, 4.69) is 40.7 Å². The summed E-state index contributed by atoms with van der Waals surface area (Å²) in [6.45, 7) is 0. The summed E-state index contributed by atoms with van der Waals surface area (Å²) >= 11 is 7.55. The Morgan fingerprint density at radius 3 is 2.93 bits per heavy atom. The van der Waals surface area contributed by atoms with E-state index in [1.807, 2.05) is 18.2 Å². The zero-order valence-corrected chi connectivity index (χ0v) is 10.5. The number of benzene rings is 1. The lowest BCUT2D eigenvalue weighted by Crippen LogP contribution is -1.84. The summed E-state index contributed by atoms with van der Waals surface area (Å²) in [7, 11) is 1.67. The molecule has 3 heteroatoms.